The number of rotatable bonds is 3. The Kier molecular flexibility index (Phi) is 3.69. The maximum absolute atomic E-state index is 14.0. The van der Waals surface area contributed by atoms with Crippen molar-refractivity contribution in [3.8, 4) is 0 Å². The molecule has 6 heteroatoms. The molecule has 1 amide bonds. The molecule has 0 aliphatic carbocycles. The molecule has 0 radical (unpaired) electrons. The van der Waals surface area contributed by atoms with E-state index in [1.807, 2.05) is 0 Å². The minimum absolute atomic E-state index is 0.109. The lowest BCUT2D eigenvalue weighted by molar-refractivity contribution is -0.109. The molecular weight excluding hydrogens is 263 g/mol. The van der Waals surface area contributed by atoms with Gasteiger partial charge in [-0.15, -0.1) is 0 Å². The molecule has 3 fully saturated rings. The highest BCUT2D eigenvalue weighted by Gasteiger charge is 2.34. The van der Waals surface area contributed by atoms with Gasteiger partial charge in [0.2, 0.25) is 0 Å². The van der Waals surface area contributed by atoms with Crippen molar-refractivity contribution < 1.29 is 19.1 Å². The van der Waals surface area contributed by atoms with Crippen molar-refractivity contribution >= 4 is 5.91 Å². The molecule has 2 N–H and O–H groups in total. The number of fused-ring (bicyclic) bond motifs is 3. The number of hydrogen-bond acceptors (Lipinski definition) is 4. The van der Waals surface area contributed by atoms with E-state index in [-0.39, 0.29) is 11.7 Å². The van der Waals surface area contributed by atoms with E-state index in [1.165, 1.54) is 11.5 Å². The summed E-state index contributed by atoms with van der Waals surface area (Å²) in [6.45, 7) is 2.08. The Balaban J connectivity index is 1.73. The second-order valence-electron chi connectivity index (χ2n) is 5.36. The fourth-order valence-corrected chi connectivity index (χ4v) is 2.93. The van der Waals surface area contributed by atoms with Crippen LogP contribution in [0.3, 0.4) is 0 Å². The Bertz CT molecular complexity index is 515. The number of morpholine rings is 1. The molecule has 1 aromatic carbocycles. The largest absolute Gasteiger partial charge is 0.375 e. The third-order valence-corrected chi connectivity index (χ3v) is 4.09. The molecule has 108 valence electrons. The van der Waals surface area contributed by atoms with Gasteiger partial charge in [0.05, 0.1) is 12.7 Å². The maximum Gasteiger partial charge on any atom is 0.274 e. The second kappa shape index (κ2) is 5.47. The number of carbonyl (C=O) groups excluding carboxylic acids is 1. The van der Waals surface area contributed by atoms with Crippen molar-refractivity contribution in [3.63, 3.8) is 0 Å². The first-order valence-electron chi connectivity index (χ1n) is 6.76. The molecular formula is C14H17FN2O3. The van der Waals surface area contributed by atoms with Crippen LogP contribution in [-0.2, 0) is 11.3 Å². The molecule has 3 heterocycles. The number of piperidine rings is 1. The predicted molar refractivity (Wildman–Crippen MR) is 68.8 cm³/mol. The molecule has 0 unspecified atom stereocenters. The van der Waals surface area contributed by atoms with Crippen LogP contribution >= 0.6 is 0 Å². The maximum atomic E-state index is 14.0. The van der Waals surface area contributed by atoms with Gasteiger partial charge in [-0.3, -0.25) is 14.9 Å². The Morgan fingerprint density at radius 3 is 2.90 bits per heavy atom. The van der Waals surface area contributed by atoms with Crippen LogP contribution in [0.1, 0.15) is 28.8 Å². The molecule has 3 saturated heterocycles. The van der Waals surface area contributed by atoms with Crippen LogP contribution in [0.5, 0.6) is 0 Å². The zero-order valence-corrected chi connectivity index (χ0v) is 11.0. The number of nitrogens with zero attached hydrogens (tertiary/aromatic N) is 1. The van der Waals surface area contributed by atoms with Crippen LogP contribution in [0.25, 0.3) is 0 Å². The Morgan fingerprint density at radius 2 is 2.35 bits per heavy atom. The van der Waals surface area contributed by atoms with Gasteiger partial charge in [-0.05, 0) is 25.0 Å². The molecule has 3 aliphatic rings. The van der Waals surface area contributed by atoms with Crippen molar-refractivity contribution in [3.05, 3.63) is 35.1 Å². The first kappa shape index (κ1) is 13.5. The molecule has 3 aliphatic heterocycles. The fourth-order valence-electron chi connectivity index (χ4n) is 2.93. The summed E-state index contributed by atoms with van der Waals surface area (Å²) < 4.78 is 19.6. The summed E-state index contributed by atoms with van der Waals surface area (Å²) in [5.41, 5.74) is 2.17. The Labute approximate surface area is 116 Å². The van der Waals surface area contributed by atoms with Crippen LogP contribution in [0.15, 0.2) is 18.2 Å². The monoisotopic (exact) mass is 280 g/mol. The quantitative estimate of drug-likeness (QED) is 0.647. The zero-order valence-electron chi connectivity index (χ0n) is 11.0. The number of nitrogens with one attached hydrogen (secondary N) is 1. The number of halogens is 1. The molecule has 2 bridgehead atoms. The van der Waals surface area contributed by atoms with E-state index in [1.54, 1.807) is 6.07 Å². The van der Waals surface area contributed by atoms with Crippen molar-refractivity contribution in [1.82, 2.24) is 10.4 Å². The summed E-state index contributed by atoms with van der Waals surface area (Å²) in [7, 11) is 0. The van der Waals surface area contributed by atoms with Crippen molar-refractivity contribution in [2.45, 2.75) is 31.5 Å². The number of amides is 1. The Morgan fingerprint density at radius 1 is 1.50 bits per heavy atom. The molecule has 20 heavy (non-hydrogen) atoms. The number of hydrogen-bond donors (Lipinski definition) is 2. The minimum Gasteiger partial charge on any atom is -0.375 e. The van der Waals surface area contributed by atoms with Crippen LogP contribution in [0.4, 0.5) is 4.39 Å². The number of ether oxygens (including phenoxy) is 1. The molecule has 2 atom stereocenters. The van der Waals surface area contributed by atoms with Crippen molar-refractivity contribution in [1.29, 1.82) is 0 Å². The normalized spacial score (nSPS) is 25.7. The molecule has 0 saturated carbocycles. The van der Waals surface area contributed by atoms with Gasteiger partial charge < -0.3 is 4.74 Å². The third-order valence-electron chi connectivity index (χ3n) is 4.09. The average Bonchev–Trinajstić information content (AvgIpc) is 2.49. The summed E-state index contributed by atoms with van der Waals surface area (Å²) in [5, 5.41) is 8.54. The van der Waals surface area contributed by atoms with Crippen molar-refractivity contribution in [2.24, 2.45) is 0 Å². The molecule has 5 nitrogen and oxygen atoms in total. The minimum atomic E-state index is -0.708. The summed E-state index contributed by atoms with van der Waals surface area (Å²) >= 11 is 0. The van der Waals surface area contributed by atoms with Crippen LogP contribution in [0, 0.1) is 5.82 Å². The fraction of sp³-hybridized carbons (Fsp3) is 0.500. The van der Waals surface area contributed by atoms with E-state index >= 15 is 0 Å². The van der Waals surface area contributed by atoms with E-state index in [0.717, 1.165) is 32.1 Å². The van der Waals surface area contributed by atoms with E-state index in [9.17, 15) is 9.18 Å². The van der Waals surface area contributed by atoms with Gasteiger partial charge in [-0.25, -0.2) is 9.87 Å². The number of benzene rings is 1. The number of hydroxylamine groups is 1. The average molecular weight is 280 g/mol. The summed E-state index contributed by atoms with van der Waals surface area (Å²) in [6.07, 6.45) is 2.44. The predicted octanol–water partition coefficient (Wildman–Crippen LogP) is 1.31. The second-order valence-corrected chi connectivity index (χ2v) is 5.36. The van der Waals surface area contributed by atoms with Gasteiger partial charge in [0.1, 0.15) is 5.82 Å². The van der Waals surface area contributed by atoms with Gasteiger partial charge in [-0.2, -0.15) is 0 Å². The standard InChI is InChI=1S/C14H17FN2O3/c15-13-5-9(14(18)16-19)1-2-10(13)6-17-7-12-4-3-11(17)8-20-12/h1-2,5,11-12,19H,3-4,6-8H2,(H,16,18)/t11-,12-/m1/s1. The van der Waals surface area contributed by atoms with E-state index < -0.39 is 11.7 Å². The van der Waals surface area contributed by atoms with Crippen LogP contribution < -0.4 is 5.48 Å². The highest BCUT2D eigenvalue weighted by Crippen LogP contribution is 2.28. The molecule has 1 aromatic rings. The van der Waals surface area contributed by atoms with Gasteiger partial charge >= 0.3 is 0 Å². The third kappa shape index (κ3) is 2.54. The van der Waals surface area contributed by atoms with Crippen LogP contribution in [-0.4, -0.2) is 41.3 Å². The number of carbonyl (C=O) groups is 1. The van der Waals surface area contributed by atoms with Gasteiger partial charge in [0.15, 0.2) is 0 Å². The van der Waals surface area contributed by atoms with E-state index in [4.69, 9.17) is 9.94 Å². The highest BCUT2D eigenvalue weighted by atomic mass is 19.1. The molecule has 0 spiro atoms. The molecule has 4 rings (SSSR count). The van der Waals surface area contributed by atoms with Crippen LogP contribution in [0.2, 0.25) is 0 Å². The highest BCUT2D eigenvalue weighted by molar-refractivity contribution is 5.93. The topological polar surface area (TPSA) is 61.8 Å². The SMILES string of the molecule is O=C(NO)c1ccc(CN2C[C@H]3CC[C@@H]2CO3)c(F)c1. The summed E-state index contributed by atoms with van der Waals surface area (Å²) in [4.78, 5) is 13.5. The first-order chi connectivity index (χ1) is 9.67. The Hall–Kier alpha value is -1.50. The van der Waals surface area contributed by atoms with Gasteiger partial charge in [-0.1, -0.05) is 6.07 Å². The van der Waals surface area contributed by atoms with Gasteiger partial charge in [0, 0.05) is 30.3 Å². The lowest BCUT2D eigenvalue weighted by Gasteiger charge is -2.45. The zero-order chi connectivity index (χ0) is 14.1. The van der Waals surface area contributed by atoms with E-state index in [2.05, 4.69) is 4.90 Å². The smallest absolute Gasteiger partial charge is 0.274 e. The first-order valence-corrected chi connectivity index (χ1v) is 6.76. The summed E-state index contributed by atoms with van der Waals surface area (Å²) in [5.74, 6) is -1.13. The van der Waals surface area contributed by atoms with Gasteiger partial charge in [0.25, 0.3) is 5.91 Å². The van der Waals surface area contributed by atoms with Crippen molar-refractivity contribution in [2.75, 3.05) is 13.2 Å². The summed E-state index contributed by atoms with van der Waals surface area (Å²) in [6, 6.07) is 4.63. The molecule has 0 aromatic heterocycles. The lowest BCUT2D eigenvalue weighted by Crippen LogP contribution is -2.53. The lowest BCUT2D eigenvalue weighted by atomic mass is 9.96. The van der Waals surface area contributed by atoms with E-state index in [0.29, 0.717) is 18.2 Å².